The number of pyridine rings is 1. The Morgan fingerprint density at radius 1 is 1.47 bits per heavy atom. The van der Waals surface area contributed by atoms with Gasteiger partial charge >= 0.3 is 0 Å². The van der Waals surface area contributed by atoms with Crippen molar-refractivity contribution in [2.24, 2.45) is 0 Å². The average Bonchev–Trinajstić information content (AvgIpc) is 2.41. The third kappa shape index (κ3) is 1.35. The van der Waals surface area contributed by atoms with E-state index in [1.165, 1.54) is 25.1 Å². The molecule has 0 saturated heterocycles. The summed E-state index contributed by atoms with van der Waals surface area (Å²) in [6.45, 7) is 0. The number of fused-ring (bicyclic) bond motifs is 1. The quantitative estimate of drug-likeness (QED) is 0.862. The Balaban J connectivity index is 2.22. The van der Waals surface area contributed by atoms with Crippen molar-refractivity contribution in [1.82, 2.24) is 9.38 Å². The van der Waals surface area contributed by atoms with Crippen LogP contribution < -0.4 is 5.73 Å². The number of rotatable bonds is 1. The van der Waals surface area contributed by atoms with Crippen LogP contribution in [0.4, 0.5) is 5.69 Å². The van der Waals surface area contributed by atoms with Gasteiger partial charge in [0.2, 0.25) is 0 Å². The molecule has 2 N–H and O–H groups in total. The zero-order valence-electron chi connectivity index (χ0n) is 8.28. The molecule has 78 valence electrons. The number of anilines is 1. The van der Waals surface area contributed by atoms with E-state index in [1.54, 1.807) is 0 Å². The third-order valence-corrected chi connectivity index (χ3v) is 3.70. The first-order valence-corrected chi connectivity index (χ1v) is 5.98. The minimum absolute atomic E-state index is 0.632. The second-order valence-electron chi connectivity index (χ2n) is 4.10. The van der Waals surface area contributed by atoms with E-state index in [2.05, 4.69) is 25.3 Å². The molecule has 0 bridgehead atoms. The summed E-state index contributed by atoms with van der Waals surface area (Å²) in [5.41, 5.74) is 7.61. The van der Waals surface area contributed by atoms with E-state index in [4.69, 9.17) is 5.73 Å². The summed E-state index contributed by atoms with van der Waals surface area (Å²) in [4.78, 5) is 4.58. The van der Waals surface area contributed by atoms with Gasteiger partial charge in [-0.15, -0.1) is 0 Å². The van der Waals surface area contributed by atoms with Gasteiger partial charge in [-0.2, -0.15) is 0 Å². The predicted octanol–water partition coefficient (Wildman–Crippen LogP) is 2.95. The third-order valence-electron chi connectivity index (χ3n) is 3.12. The summed E-state index contributed by atoms with van der Waals surface area (Å²) in [5.74, 6) is 1.80. The van der Waals surface area contributed by atoms with Crippen molar-refractivity contribution in [3.05, 3.63) is 28.8 Å². The number of hydrogen-bond donors (Lipinski definition) is 1. The smallest absolute Gasteiger partial charge is 0.132 e. The number of nitrogens with two attached hydrogens (primary N) is 1. The molecule has 1 fully saturated rings. The largest absolute Gasteiger partial charge is 0.399 e. The highest BCUT2D eigenvalue weighted by molar-refractivity contribution is 9.10. The maximum absolute atomic E-state index is 5.76. The van der Waals surface area contributed by atoms with Gasteiger partial charge in [-0.25, -0.2) is 4.98 Å². The summed E-state index contributed by atoms with van der Waals surface area (Å²) in [6, 6.07) is 3.88. The van der Waals surface area contributed by atoms with Crippen molar-refractivity contribution < 1.29 is 0 Å². The summed E-state index contributed by atoms with van der Waals surface area (Å²) in [7, 11) is 0. The number of imidazole rings is 1. The van der Waals surface area contributed by atoms with Crippen molar-refractivity contribution in [1.29, 1.82) is 0 Å². The van der Waals surface area contributed by atoms with E-state index < -0.39 is 0 Å². The Labute approximate surface area is 96.4 Å². The lowest BCUT2D eigenvalue weighted by Gasteiger charge is -2.23. The first-order valence-electron chi connectivity index (χ1n) is 5.18. The van der Waals surface area contributed by atoms with Crippen molar-refractivity contribution in [3.8, 4) is 0 Å². The molecule has 1 saturated carbocycles. The van der Waals surface area contributed by atoms with Crippen molar-refractivity contribution in [2.45, 2.75) is 25.2 Å². The second-order valence-corrected chi connectivity index (χ2v) is 4.86. The molecule has 0 aliphatic heterocycles. The Hall–Kier alpha value is -1.03. The number of nitrogen functional groups attached to an aromatic ring is 1. The SMILES string of the molecule is Nc1ccn2c(C3CCC3)nc(Br)c2c1. The Morgan fingerprint density at radius 2 is 2.27 bits per heavy atom. The molecule has 4 heteroatoms. The van der Waals surface area contributed by atoms with Gasteiger partial charge in [-0.05, 0) is 40.9 Å². The number of hydrogen-bond acceptors (Lipinski definition) is 2. The van der Waals surface area contributed by atoms with E-state index in [0.717, 1.165) is 15.8 Å². The topological polar surface area (TPSA) is 43.3 Å². The molecule has 0 unspecified atom stereocenters. The standard InChI is InChI=1S/C11H12BrN3/c12-10-9-6-8(13)4-5-15(9)11(14-10)7-2-1-3-7/h4-7H,1-3,13H2. The number of halogens is 1. The Bertz CT molecular complexity index is 514. The van der Waals surface area contributed by atoms with Crippen LogP contribution in [0, 0.1) is 0 Å². The van der Waals surface area contributed by atoms with E-state index in [1.807, 2.05) is 18.3 Å². The molecule has 0 radical (unpaired) electrons. The minimum Gasteiger partial charge on any atom is -0.399 e. The van der Waals surface area contributed by atoms with Gasteiger partial charge in [0.05, 0.1) is 5.52 Å². The maximum atomic E-state index is 5.76. The van der Waals surface area contributed by atoms with Crippen molar-refractivity contribution in [3.63, 3.8) is 0 Å². The van der Waals surface area contributed by atoms with Crippen LogP contribution in [0.15, 0.2) is 22.9 Å². The molecule has 1 aliphatic rings. The van der Waals surface area contributed by atoms with Crippen LogP contribution in [0.5, 0.6) is 0 Å². The van der Waals surface area contributed by atoms with E-state index >= 15 is 0 Å². The second kappa shape index (κ2) is 3.23. The molecule has 0 atom stereocenters. The lowest BCUT2D eigenvalue weighted by molar-refractivity contribution is 0.400. The highest BCUT2D eigenvalue weighted by atomic mass is 79.9. The zero-order valence-corrected chi connectivity index (χ0v) is 9.87. The molecule has 15 heavy (non-hydrogen) atoms. The van der Waals surface area contributed by atoms with Gasteiger partial charge in [0.1, 0.15) is 10.4 Å². The molecule has 0 spiro atoms. The molecule has 2 aromatic rings. The summed E-state index contributed by atoms with van der Waals surface area (Å²) < 4.78 is 3.04. The summed E-state index contributed by atoms with van der Waals surface area (Å²) in [6.07, 6.45) is 5.86. The monoisotopic (exact) mass is 265 g/mol. The van der Waals surface area contributed by atoms with Gasteiger partial charge in [0.25, 0.3) is 0 Å². The zero-order chi connectivity index (χ0) is 10.4. The molecule has 0 amide bonds. The van der Waals surface area contributed by atoms with Crippen LogP contribution in [0.3, 0.4) is 0 Å². The first-order chi connectivity index (χ1) is 7.25. The molecule has 2 heterocycles. The van der Waals surface area contributed by atoms with Gasteiger partial charge in [-0.1, -0.05) is 6.42 Å². The van der Waals surface area contributed by atoms with Crippen LogP contribution in [0.1, 0.15) is 31.0 Å². The molecular formula is C11H12BrN3. The fraction of sp³-hybridized carbons (Fsp3) is 0.364. The van der Waals surface area contributed by atoms with E-state index in [-0.39, 0.29) is 0 Å². The van der Waals surface area contributed by atoms with Gasteiger partial charge in [-0.3, -0.25) is 0 Å². The highest BCUT2D eigenvalue weighted by Gasteiger charge is 2.24. The lowest BCUT2D eigenvalue weighted by atomic mass is 9.85. The average molecular weight is 266 g/mol. The fourth-order valence-corrected chi connectivity index (χ4v) is 2.53. The lowest BCUT2D eigenvalue weighted by Crippen LogP contribution is -2.12. The van der Waals surface area contributed by atoms with Crippen molar-refractivity contribution >= 4 is 27.1 Å². The van der Waals surface area contributed by atoms with Crippen LogP contribution in [0.25, 0.3) is 5.52 Å². The maximum Gasteiger partial charge on any atom is 0.132 e. The minimum atomic E-state index is 0.632. The molecule has 2 aromatic heterocycles. The summed E-state index contributed by atoms with van der Waals surface area (Å²) >= 11 is 3.49. The van der Waals surface area contributed by atoms with E-state index in [9.17, 15) is 0 Å². The van der Waals surface area contributed by atoms with Crippen LogP contribution >= 0.6 is 15.9 Å². The van der Waals surface area contributed by atoms with Gasteiger partial charge in [0, 0.05) is 17.8 Å². The molecular weight excluding hydrogens is 254 g/mol. The number of nitrogens with zero attached hydrogens (tertiary/aromatic N) is 2. The van der Waals surface area contributed by atoms with Crippen LogP contribution in [-0.4, -0.2) is 9.38 Å². The molecule has 3 nitrogen and oxygen atoms in total. The molecule has 0 aromatic carbocycles. The summed E-state index contributed by atoms with van der Waals surface area (Å²) in [5, 5.41) is 0. The van der Waals surface area contributed by atoms with Crippen LogP contribution in [0.2, 0.25) is 0 Å². The Morgan fingerprint density at radius 3 is 2.93 bits per heavy atom. The van der Waals surface area contributed by atoms with Crippen molar-refractivity contribution in [2.75, 3.05) is 5.73 Å². The highest BCUT2D eigenvalue weighted by Crippen LogP contribution is 2.37. The molecule has 1 aliphatic carbocycles. The fourth-order valence-electron chi connectivity index (χ4n) is 2.04. The van der Waals surface area contributed by atoms with Gasteiger partial charge < -0.3 is 10.1 Å². The first kappa shape index (κ1) is 9.21. The Kier molecular flexibility index (Phi) is 1.99. The number of aromatic nitrogens is 2. The van der Waals surface area contributed by atoms with E-state index in [0.29, 0.717) is 5.92 Å². The predicted molar refractivity (Wildman–Crippen MR) is 63.9 cm³/mol. The van der Waals surface area contributed by atoms with Gasteiger partial charge in [0.15, 0.2) is 0 Å². The molecule has 3 rings (SSSR count). The van der Waals surface area contributed by atoms with Crippen LogP contribution in [-0.2, 0) is 0 Å². The normalized spacial score (nSPS) is 16.9.